The first-order chi connectivity index (χ1) is 14.9. The summed E-state index contributed by atoms with van der Waals surface area (Å²) in [6.07, 6.45) is -0.313. The number of carbonyl (C=O) groups excluding carboxylic acids is 2. The molecule has 0 radical (unpaired) electrons. The molecule has 0 bridgehead atoms. The number of halogens is 2. The quantitative estimate of drug-likeness (QED) is 0.314. The Morgan fingerprint density at radius 1 is 1.06 bits per heavy atom. The van der Waals surface area contributed by atoms with Gasteiger partial charge in [-0.2, -0.15) is 8.78 Å². The van der Waals surface area contributed by atoms with Crippen molar-refractivity contribution in [3.8, 4) is 5.75 Å². The van der Waals surface area contributed by atoms with E-state index in [4.69, 9.17) is 9.47 Å². The summed E-state index contributed by atoms with van der Waals surface area (Å²) in [4.78, 5) is 28.7. The molecule has 6 nitrogen and oxygen atoms in total. The molecule has 0 N–H and O–H groups in total. The number of Topliss-reactive ketones (excluding diaryl/α,β-unsaturated/α-hetero) is 1. The van der Waals surface area contributed by atoms with Crippen LogP contribution < -0.4 is 4.74 Å². The van der Waals surface area contributed by atoms with Crippen LogP contribution in [0.3, 0.4) is 0 Å². The van der Waals surface area contributed by atoms with E-state index in [-0.39, 0.29) is 30.0 Å². The smallest absolute Gasteiger partial charge is 0.320 e. The Kier molecular flexibility index (Phi) is 7.33. The van der Waals surface area contributed by atoms with Gasteiger partial charge in [-0.1, -0.05) is 19.1 Å². The lowest BCUT2D eigenvalue weighted by molar-refractivity contribution is -0.149. The lowest BCUT2D eigenvalue weighted by atomic mass is 10.1. The van der Waals surface area contributed by atoms with E-state index < -0.39 is 18.6 Å². The molecule has 3 rings (SSSR count). The number of aromatic nitrogens is 2. The molecule has 0 aliphatic heterocycles. The number of alkyl halides is 2. The fraction of sp³-hybridized carbons (Fsp3) is 0.348. The first-order valence-corrected chi connectivity index (χ1v) is 10.1. The van der Waals surface area contributed by atoms with Gasteiger partial charge in [0.25, 0.3) is 0 Å². The number of ether oxygens (including phenoxy) is 2. The van der Waals surface area contributed by atoms with Crippen molar-refractivity contribution in [1.29, 1.82) is 0 Å². The zero-order valence-corrected chi connectivity index (χ0v) is 17.4. The summed E-state index contributed by atoms with van der Waals surface area (Å²) in [7, 11) is 0. The fourth-order valence-electron chi connectivity index (χ4n) is 3.18. The number of hydrogen-bond donors (Lipinski definition) is 0. The minimum Gasteiger partial charge on any atom is -0.494 e. The molecule has 8 heteroatoms. The Morgan fingerprint density at radius 3 is 2.45 bits per heavy atom. The van der Waals surface area contributed by atoms with Crippen molar-refractivity contribution >= 4 is 22.8 Å². The molecule has 3 aromatic rings. The number of fused-ring (bicyclic) bond motifs is 1. The number of rotatable bonds is 10. The van der Waals surface area contributed by atoms with Crippen molar-refractivity contribution in [3.05, 3.63) is 59.9 Å². The second kappa shape index (κ2) is 10.1. The van der Waals surface area contributed by atoms with Crippen LogP contribution in [-0.4, -0.2) is 27.9 Å². The number of esters is 1. The van der Waals surface area contributed by atoms with Crippen molar-refractivity contribution < 1.29 is 27.8 Å². The van der Waals surface area contributed by atoms with Crippen LogP contribution in [0.1, 0.15) is 61.9 Å². The van der Waals surface area contributed by atoms with Gasteiger partial charge in [-0.3, -0.25) is 14.2 Å². The molecule has 1 heterocycles. The van der Waals surface area contributed by atoms with Crippen LogP contribution in [0.15, 0.2) is 48.5 Å². The van der Waals surface area contributed by atoms with E-state index in [1.807, 2.05) is 6.92 Å². The van der Waals surface area contributed by atoms with Gasteiger partial charge < -0.3 is 9.47 Å². The van der Waals surface area contributed by atoms with E-state index in [1.54, 1.807) is 42.5 Å². The summed E-state index contributed by atoms with van der Waals surface area (Å²) < 4.78 is 38.6. The Bertz CT molecular complexity index is 1050. The summed E-state index contributed by atoms with van der Waals surface area (Å²) in [5, 5.41) is 0. The molecule has 164 valence electrons. The fourth-order valence-corrected chi connectivity index (χ4v) is 3.18. The third-order valence-corrected chi connectivity index (χ3v) is 4.70. The highest BCUT2D eigenvalue weighted by Crippen LogP contribution is 2.28. The van der Waals surface area contributed by atoms with Crippen LogP contribution in [0.5, 0.6) is 5.75 Å². The summed E-state index contributed by atoms with van der Waals surface area (Å²) in [6, 6.07) is 13.2. The molecule has 0 amide bonds. The van der Waals surface area contributed by atoms with Gasteiger partial charge >= 0.3 is 12.5 Å². The number of ketones is 1. The molecule has 2 aromatic carbocycles. The highest BCUT2D eigenvalue weighted by Gasteiger charge is 2.24. The summed E-state index contributed by atoms with van der Waals surface area (Å²) in [5.41, 5.74) is 1.11. The normalized spacial score (nSPS) is 12.2. The average molecular weight is 430 g/mol. The molecule has 0 aliphatic carbocycles. The Labute approximate surface area is 178 Å². The van der Waals surface area contributed by atoms with Crippen LogP contribution >= 0.6 is 0 Å². The molecule has 31 heavy (non-hydrogen) atoms. The van der Waals surface area contributed by atoms with Gasteiger partial charge in [0.05, 0.1) is 24.1 Å². The maximum atomic E-state index is 13.6. The highest BCUT2D eigenvalue weighted by molar-refractivity contribution is 5.97. The first kappa shape index (κ1) is 22.4. The summed E-state index contributed by atoms with van der Waals surface area (Å²) >= 11 is 0. The summed E-state index contributed by atoms with van der Waals surface area (Å²) in [5.74, 6) is -0.241. The van der Waals surface area contributed by atoms with Crippen LogP contribution in [0.4, 0.5) is 8.78 Å². The van der Waals surface area contributed by atoms with E-state index in [9.17, 15) is 18.4 Å². The van der Waals surface area contributed by atoms with Crippen molar-refractivity contribution in [1.82, 2.24) is 9.55 Å². The molecule has 1 aromatic heterocycles. The zero-order valence-electron chi connectivity index (χ0n) is 17.4. The third-order valence-electron chi connectivity index (χ3n) is 4.70. The van der Waals surface area contributed by atoms with E-state index in [1.165, 1.54) is 13.0 Å². The molecule has 1 atom stereocenters. The van der Waals surface area contributed by atoms with Gasteiger partial charge in [-0.15, -0.1) is 0 Å². The minimum absolute atomic E-state index is 0.0430. The van der Waals surface area contributed by atoms with Crippen LogP contribution in [0.25, 0.3) is 11.0 Å². The van der Waals surface area contributed by atoms with Gasteiger partial charge in [0.2, 0.25) is 0 Å². The average Bonchev–Trinajstić information content (AvgIpc) is 3.16. The van der Waals surface area contributed by atoms with Crippen LogP contribution in [-0.2, 0) is 9.53 Å². The van der Waals surface area contributed by atoms with E-state index in [2.05, 4.69) is 4.98 Å². The lowest BCUT2D eigenvalue weighted by Crippen LogP contribution is -2.15. The second-order valence-electron chi connectivity index (χ2n) is 7.03. The van der Waals surface area contributed by atoms with Gasteiger partial charge in [0.15, 0.2) is 17.7 Å². The number of carbonyl (C=O) groups is 2. The predicted octanol–water partition coefficient (Wildman–Crippen LogP) is 5.49. The molecule has 0 spiro atoms. The Balaban J connectivity index is 1.59. The maximum absolute atomic E-state index is 13.6. The second-order valence-corrected chi connectivity index (χ2v) is 7.03. The molecular weight excluding hydrogens is 406 g/mol. The molecule has 0 saturated heterocycles. The van der Waals surface area contributed by atoms with E-state index in [0.717, 1.165) is 11.0 Å². The van der Waals surface area contributed by atoms with Gasteiger partial charge in [0, 0.05) is 12.0 Å². The number of benzene rings is 2. The van der Waals surface area contributed by atoms with Gasteiger partial charge in [-0.05, 0) is 49.7 Å². The zero-order chi connectivity index (χ0) is 22.4. The number of nitrogens with zero attached hydrogens (tertiary/aromatic N) is 2. The third kappa shape index (κ3) is 5.45. The molecule has 0 saturated carbocycles. The van der Waals surface area contributed by atoms with Crippen molar-refractivity contribution in [2.24, 2.45) is 0 Å². The van der Waals surface area contributed by atoms with Crippen molar-refractivity contribution in [3.63, 3.8) is 0 Å². The van der Waals surface area contributed by atoms with Crippen LogP contribution in [0.2, 0.25) is 0 Å². The highest BCUT2D eigenvalue weighted by atomic mass is 19.3. The molecular formula is C23H24F2N2O4. The SMILES string of the molecule is CCCOc1ccc(C(=O)CCC(=O)OC(C)c2nc3ccccc3n2C(F)F)cc1. The van der Waals surface area contributed by atoms with Gasteiger partial charge in [-0.25, -0.2) is 4.98 Å². The maximum Gasteiger partial charge on any atom is 0.320 e. The van der Waals surface area contributed by atoms with E-state index >= 15 is 0 Å². The Morgan fingerprint density at radius 2 is 1.77 bits per heavy atom. The topological polar surface area (TPSA) is 70.4 Å². The Hall–Kier alpha value is -3.29. The molecule has 1 unspecified atom stereocenters. The van der Waals surface area contributed by atoms with E-state index in [0.29, 0.717) is 23.4 Å². The number of imidazole rings is 1. The molecule has 0 fully saturated rings. The standard InChI is InChI=1S/C23H24F2N2O4/c1-3-14-30-17-10-8-16(9-11-17)20(28)12-13-21(29)31-15(2)22-26-18-6-4-5-7-19(18)27(22)23(24)25/h4-11,15,23H,3,12-14H2,1-2H3. The van der Waals surface area contributed by atoms with Crippen LogP contribution in [0, 0.1) is 0 Å². The largest absolute Gasteiger partial charge is 0.494 e. The van der Waals surface area contributed by atoms with Crippen molar-refractivity contribution in [2.45, 2.75) is 45.8 Å². The monoisotopic (exact) mass is 430 g/mol. The number of hydrogen-bond acceptors (Lipinski definition) is 5. The van der Waals surface area contributed by atoms with Crippen molar-refractivity contribution in [2.75, 3.05) is 6.61 Å². The predicted molar refractivity (Wildman–Crippen MR) is 111 cm³/mol. The van der Waals surface area contributed by atoms with Gasteiger partial charge in [0.1, 0.15) is 5.75 Å². The molecule has 0 aliphatic rings. The minimum atomic E-state index is -2.82. The number of para-hydroxylation sites is 2. The first-order valence-electron chi connectivity index (χ1n) is 10.1. The lowest BCUT2D eigenvalue weighted by Gasteiger charge is -2.15. The summed E-state index contributed by atoms with van der Waals surface area (Å²) in [6.45, 7) is 1.25.